The topological polar surface area (TPSA) is 72.1 Å². The maximum Gasteiger partial charge on any atom is 0.231 e. The number of aromatic nitrogens is 3. The van der Waals surface area contributed by atoms with Gasteiger partial charge in [-0.15, -0.1) is 0 Å². The average Bonchev–Trinajstić information content (AvgIpc) is 3.24. The van der Waals surface area contributed by atoms with Gasteiger partial charge in [-0.25, -0.2) is 0 Å². The molecule has 146 valence electrons. The first kappa shape index (κ1) is 17.3. The molecular formula is C21H27N7. The van der Waals surface area contributed by atoms with E-state index in [9.17, 15) is 0 Å². The number of hydrogen-bond donors (Lipinski definition) is 3. The maximum atomic E-state index is 4.87. The molecule has 0 saturated carbocycles. The smallest absolute Gasteiger partial charge is 0.231 e. The number of piperazine rings is 1. The van der Waals surface area contributed by atoms with Crippen LogP contribution in [-0.4, -0.2) is 54.2 Å². The number of aromatic amines is 1. The molecule has 5 rings (SSSR count). The van der Waals surface area contributed by atoms with Crippen LogP contribution in [0.5, 0.6) is 0 Å². The first-order valence-corrected chi connectivity index (χ1v) is 10.3. The van der Waals surface area contributed by atoms with Gasteiger partial charge in [-0.05, 0) is 49.6 Å². The summed E-state index contributed by atoms with van der Waals surface area (Å²) in [6.07, 6.45) is 5.71. The van der Waals surface area contributed by atoms with Crippen LogP contribution in [0.2, 0.25) is 0 Å². The van der Waals surface area contributed by atoms with Crippen molar-refractivity contribution >= 4 is 34.2 Å². The van der Waals surface area contributed by atoms with Gasteiger partial charge in [0.05, 0.1) is 5.39 Å². The summed E-state index contributed by atoms with van der Waals surface area (Å²) in [7, 11) is 0. The van der Waals surface area contributed by atoms with E-state index in [1.807, 2.05) is 6.20 Å². The molecule has 4 heterocycles. The highest BCUT2D eigenvalue weighted by Crippen LogP contribution is 2.28. The number of nitrogens with one attached hydrogen (secondary N) is 3. The monoisotopic (exact) mass is 377 g/mol. The van der Waals surface area contributed by atoms with Crippen molar-refractivity contribution in [1.29, 1.82) is 0 Å². The van der Waals surface area contributed by atoms with Crippen molar-refractivity contribution in [3.8, 4) is 0 Å². The van der Waals surface area contributed by atoms with Crippen LogP contribution in [0, 0.1) is 0 Å². The number of H-pyrrole nitrogens is 1. The van der Waals surface area contributed by atoms with Crippen molar-refractivity contribution in [1.82, 2.24) is 20.3 Å². The van der Waals surface area contributed by atoms with Gasteiger partial charge in [-0.1, -0.05) is 0 Å². The first-order chi connectivity index (χ1) is 13.9. The molecule has 0 atom stereocenters. The van der Waals surface area contributed by atoms with E-state index in [4.69, 9.17) is 4.98 Å². The second-order valence-electron chi connectivity index (χ2n) is 7.57. The summed E-state index contributed by atoms with van der Waals surface area (Å²) in [6.45, 7) is 6.33. The zero-order valence-corrected chi connectivity index (χ0v) is 16.1. The Kier molecular flexibility index (Phi) is 4.74. The number of rotatable bonds is 4. The highest BCUT2D eigenvalue weighted by atomic mass is 15.2. The molecule has 0 spiro atoms. The third kappa shape index (κ3) is 3.49. The fourth-order valence-electron chi connectivity index (χ4n) is 4.14. The second kappa shape index (κ2) is 7.67. The molecule has 0 unspecified atom stereocenters. The molecule has 7 heteroatoms. The Balaban J connectivity index is 1.38. The molecule has 28 heavy (non-hydrogen) atoms. The highest BCUT2D eigenvalue weighted by Gasteiger charge is 2.18. The highest BCUT2D eigenvalue weighted by molar-refractivity contribution is 5.89. The summed E-state index contributed by atoms with van der Waals surface area (Å²) in [5.41, 5.74) is 3.16. The van der Waals surface area contributed by atoms with E-state index in [2.05, 4.69) is 60.7 Å². The van der Waals surface area contributed by atoms with Crippen LogP contribution in [0.3, 0.4) is 0 Å². The van der Waals surface area contributed by atoms with E-state index in [0.717, 1.165) is 61.8 Å². The maximum absolute atomic E-state index is 4.87. The molecule has 2 fully saturated rings. The number of piperidine rings is 1. The van der Waals surface area contributed by atoms with Crippen LogP contribution >= 0.6 is 0 Å². The minimum atomic E-state index is 0.644. The lowest BCUT2D eigenvalue weighted by atomic mass is 10.1. The quantitative estimate of drug-likeness (QED) is 0.649. The fourth-order valence-corrected chi connectivity index (χ4v) is 4.14. The Labute approximate surface area is 165 Å². The van der Waals surface area contributed by atoms with Crippen molar-refractivity contribution in [3.63, 3.8) is 0 Å². The first-order valence-electron chi connectivity index (χ1n) is 10.3. The van der Waals surface area contributed by atoms with Crippen LogP contribution < -0.4 is 20.4 Å². The molecule has 0 bridgehead atoms. The van der Waals surface area contributed by atoms with Gasteiger partial charge < -0.3 is 25.4 Å². The molecule has 2 aromatic heterocycles. The normalized spacial score (nSPS) is 17.9. The van der Waals surface area contributed by atoms with Crippen molar-refractivity contribution in [2.75, 3.05) is 54.4 Å². The number of benzene rings is 1. The lowest BCUT2D eigenvalue weighted by Crippen LogP contribution is -2.43. The Morgan fingerprint density at radius 2 is 1.61 bits per heavy atom. The van der Waals surface area contributed by atoms with Crippen LogP contribution in [0.1, 0.15) is 19.3 Å². The van der Waals surface area contributed by atoms with E-state index in [-0.39, 0.29) is 0 Å². The Morgan fingerprint density at radius 3 is 2.39 bits per heavy atom. The number of hydrogen-bond acceptors (Lipinski definition) is 6. The standard InChI is InChI=1S/C21H27N7/c1-2-12-28(13-3-1)20-18-8-9-23-19(18)25-21(26-20)24-16-4-6-17(7-5-16)27-14-10-22-11-15-27/h4-9,22H,1-3,10-15H2,(H2,23,24,25,26). The SMILES string of the molecule is c1cc2c(N3CCCCC3)nc(Nc3ccc(N4CCNCC4)cc3)nc2[nH]1. The minimum absolute atomic E-state index is 0.644. The van der Waals surface area contributed by atoms with Crippen LogP contribution in [0.15, 0.2) is 36.5 Å². The molecule has 7 nitrogen and oxygen atoms in total. The molecule has 0 amide bonds. The van der Waals surface area contributed by atoms with Crippen molar-refractivity contribution in [2.45, 2.75) is 19.3 Å². The second-order valence-corrected chi connectivity index (χ2v) is 7.57. The Bertz CT molecular complexity index is 922. The van der Waals surface area contributed by atoms with E-state index in [0.29, 0.717) is 5.95 Å². The zero-order chi connectivity index (χ0) is 18.8. The van der Waals surface area contributed by atoms with Crippen molar-refractivity contribution in [2.24, 2.45) is 0 Å². The van der Waals surface area contributed by atoms with E-state index >= 15 is 0 Å². The minimum Gasteiger partial charge on any atom is -0.369 e. The molecule has 0 aliphatic carbocycles. The number of fused-ring (bicyclic) bond motifs is 1. The van der Waals surface area contributed by atoms with Gasteiger partial charge in [0.1, 0.15) is 11.5 Å². The summed E-state index contributed by atoms with van der Waals surface area (Å²) in [6, 6.07) is 10.6. The van der Waals surface area contributed by atoms with Crippen molar-refractivity contribution < 1.29 is 0 Å². The zero-order valence-electron chi connectivity index (χ0n) is 16.1. The summed E-state index contributed by atoms with van der Waals surface area (Å²) in [4.78, 5) is 17.6. The van der Waals surface area contributed by atoms with Crippen LogP contribution in [0.25, 0.3) is 11.0 Å². The van der Waals surface area contributed by atoms with Gasteiger partial charge in [-0.2, -0.15) is 9.97 Å². The molecular weight excluding hydrogens is 350 g/mol. The van der Waals surface area contributed by atoms with Gasteiger partial charge in [0.15, 0.2) is 0 Å². The van der Waals surface area contributed by atoms with E-state index in [1.165, 1.54) is 24.9 Å². The van der Waals surface area contributed by atoms with Gasteiger partial charge in [0.2, 0.25) is 5.95 Å². The number of nitrogens with zero attached hydrogens (tertiary/aromatic N) is 4. The predicted molar refractivity (Wildman–Crippen MR) is 115 cm³/mol. The van der Waals surface area contributed by atoms with Gasteiger partial charge in [-0.3, -0.25) is 0 Å². The molecule has 2 saturated heterocycles. The third-order valence-corrected chi connectivity index (χ3v) is 5.66. The van der Waals surface area contributed by atoms with Gasteiger partial charge in [0.25, 0.3) is 0 Å². The summed E-state index contributed by atoms with van der Waals surface area (Å²) >= 11 is 0. The summed E-state index contributed by atoms with van der Waals surface area (Å²) < 4.78 is 0. The average molecular weight is 377 g/mol. The lowest BCUT2D eigenvalue weighted by Gasteiger charge is -2.29. The van der Waals surface area contributed by atoms with Crippen molar-refractivity contribution in [3.05, 3.63) is 36.5 Å². The summed E-state index contributed by atoms with van der Waals surface area (Å²) in [5.74, 6) is 1.68. The van der Waals surface area contributed by atoms with E-state index < -0.39 is 0 Å². The molecule has 1 aromatic carbocycles. The molecule has 2 aliphatic heterocycles. The van der Waals surface area contributed by atoms with E-state index in [1.54, 1.807) is 0 Å². The molecule has 3 aromatic rings. The van der Waals surface area contributed by atoms with Crippen LogP contribution in [0.4, 0.5) is 23.1 Å². The molecule has 2 aliphatic rings. The molecule has 0 radical (unpaired) electrons. The predicted octanol–water partition coefficient (Wildman–Crippen LogP) is 3.10. The number of anilines is 4. The molecule has 3 N–H and O–H groups in total. The lowest BCUT2D eigenvalue weighted by molar-refractivity contribution is 0.575. The Morgan fingerprint density at radius 1 is 0.821 bits per heavy atom. The summed E-state index contributed by atoms with van der Waals surface area (Å²) in [5, 5.41) is 7.89. The fraction of sp³-hybridized carbons (Fsp3) is 0.429. The largest absolute Gasteiger partial charge is 0.369 e. The third-order valence-electron chi connectivity index (χ3n) is 5.66. The van der Waals surface area contributed by atoms with Gasteiger partial charge in [0, 0.05) is 56.8 Å². The van der Waals surface area contributed by atoms with Gasteiger partial charge >= 0.3 is 0 Å². The Hall–Kier alpha value is -2.80. The van der Waals surface area contributed by atoms with Crippen LogP contribution in [-0.2, 0) is 0 Å².